The average molecular weight is 399 g/mol. The van der Waals surface area contributed by atoms with E-state index in [1.807, 2.05) is 29.2 Å². The number of rotatable bonds is 5. The average Bonchev–Trinajstić information content (AvgIpc) is 2.49. The van der Waals surface area contributed by atoms with Crippen molar-refractivity contribution in [2.24, 2.45) is 0 Å². The van der Waals surface area contributed by atoms with Gasteiger partial charge in [0, 0.05) is 15.8 Å². The lowest BCUT2D eigenvalue weighted by Gasteiger charge is -2.24. The first-order valence-corrected chi connectivity index (χ1v) is 7.49. The maximum absolute atomic E-state index is 13.1. The lowest BCUT2D eigenvalue weighted by atomic mass is 10.2. The Morgan fingerprint density at radius 2 is 1.86 bits per heavy atom. The molecule has 2 aromatic rings. The topological polar surface area (TPSA) is 29.5 Å². The zero-order valence-corrected chi connectivity index (χ0v) is 13.7. The molecule has 0 radical (unpaired) electrons. The van der Waals surface area contributed by atoms with Gasteiger partial charge in [-0.25, -0.2) is 4.39 Å². The van der Waals surface area contributed by atoms with Gasteiger partial charge in [-0.3, -0.25) is 4.79 Å². The molecule has 0 saturated heterocycles. The molecule has 0 heterocycles. The molecule has 0 aromatic heterocycles. The third-order valence-corrected chi connectivity index (χ3v) is 4.11. The van der Waals surface area contributed by atoms with Gasteiger partial charge in [0.2, 0.25) is 0 Å². The van der Waals surface area contributed by atoms with Crippen LogP contribution in [0.15, 0.2) is 48.5 Å². The fraction of sp³-hybridized carbons (Fsp3) is 0.188. The van der Waals surface area contributed by atoms with E-state index in [0.717, 1.165) is 14.8 Å². The van der Waals surface area contributed by atoms with Crippen molar-refractivity contribution < 1.29 is 13.9 Å². The van der Waals surface area contributed by atoms with Crippen LogP contribution in [0.4, 0.5) is 10.1 Å². The van der Waals surface area contributed by atoms with Crippen molar-refractivity contribution in [2.45, 2.75) is 6.54 Å². The molecule has 110 valence electrons. The first kappa shape index (κ1) is 15.8. The number of methoxy groups -OCH3 is 1. The Bertz CT molecular complexity index is 616. The minimum Gasteiger partial charge on any atom is -0.468 e. The third kappa shape index (κ3) is 4.42. The van der Waals surface area contributed by atoms with Crippen LogP contribution in [0.5, 0.6) is 0 Å². The number of anilines is 1. The van der Waals surface area contributed by atoms with Crippen molar-refractivity contribution in [1.29, 1.82) is 0 Å². The molecule has 2 aromatic carbocycles. The van der Waals surface area contributed by atoms with Crippen molar-refractivity contribution in [3.8, 4) is 0 Å². The van der Waals surface area contributed by atoms with Crippen LogP contribution >= 0.6 is 22.6 Å². The molecule has 0 bridgehead atoms. The van der Waals surface area contributed by atoms with Gasteiger partial charge in [-0.15, -0.1) is 0 Å². The van der Waals surface area contributed by atoms with Gasteiger partial charge in [-0.05, 0) is 58.5 Å². The number of ether oxygens (including phenoxy) is 1. The number of hydrogen-bond acceptors (Lipinski definition) is 3. The van der Waals surface area contributed by atoms with E-state index >= 15 is 0 Å². The minimum atomic E-state index is -0.328. The van der Waals surface area contributed by atoms with Gasteiger partial charge in [0.1, 0.15) is 12.4 Å². The SMILES string of the molecule is COC(=O)CN(Cc1ccccc1I)c1ccc(F)cc1. The van der Waals surface area contributed by atoms with E-state index in [1.165, 1.54) is 19.2 Å². The summed E-state index contributed by atoms with van der Waals surface area (Å²) in [5.41, 5.74) is 1.88. The lowest BCUT2D eigenvalue weighted by molar-refractivity contribution is -0.138. The molecule has 0 spiro atoms. The third-order valence-electron chi connectivity index (χ3n) is 3.06. The summed E-state index contributed by atoms with van der Waals surface area (Å²) in [6, 6.07) is 14.0. The standard InChI is InChI=1S/C16H15FINO2/c1-21-16(20)11-19(14-8-6-13(17)7-9-14)10-12-4-2-3-5-15(12)18/h2-9H,10-11H2,1H3. The Balaban J connectivity index is 2.25. The number of hydrogen-bond donors (Lipinski definition) is 0. The second kappa shape index (κ2) is 7.40. The van der Waals surface area contributed by atoms with Gasteiger partial charge < -0.3 is 9.64 Å². The molecule has 21 heavy (non-hydrogen) atoms. The monoisotopic (exact) mass is 399 g/mol. The molecule has 0 aliphatic rings. The van der Waals surface area contributed by atoms with Crippen molar-refractivity contribution in [3.63, 3.8) is 0 Å². The molecule has 0 saturated carbocycles. The first-order chi connectivity index (χ1) is 10.1. The fourth-order valence-corrected chi connectivity index (χ4v) is 2.50. The number of benzene rings is 2. The van der Waals surface area contributed by atoms with E-state index < -0.39 is 0 Å². The molecule has 5 heteroatoms. The van der Waals surface area contributed by atoms with Crippen molar-refractivity contribution in [2.75, 3.05) is 18.6 Å². The van der Waals surface area contributed by atoms with E-state index in [2.05, 4.69) is 22.6 Å². The van der Waals surface area contributed by atoms with E-state index in [4.69, 9.17) is 4.74 Å². The normalized spacial score (nSPS) is 10.2. The summed E-state index contributed by atoms with van der Waals surface area (Å²) in [6.45, 7) is 0.674. The van der Waals surface area contributed by atoms with Crippen LogP contribution in [0.1, 0.15) is 5.56 Å². The minimum absolute atomic E-state index is 0.118. The van der Waals surface area contributed by atoms with E-state index in [1.54, 1.807) is 12.1 Å². The van der Waals surface area contributed by atoms with Crippen LogP contribution in [0.25, 0.3) is 0 Å². The number of esters is 1. The molecule has 0 unspecified atom stereocenters. The highest BCUT2D eigenvalue weighted by Gasteiger charge is 2.14. The zero-order valence-electron chi connectivity index (χ0n) is 11.6. The highest BCUT2D eigenvalue weighted by Crippen LogP contribution is 2.20. The van der Waals surface area contributed by atoms with Gasteiger partial charge in [0.25, 0.3) is 0 Å². The van der Waals surface area contributed by atoms with Crippen LogP contribution in [-0.4, -0.2) is 19.6 Å². The van der Waals surface area contributed by atoms with Gasteiger partial charge in [0.15, 0.2) is 0 Å². The molecule has 0 amide bonds. The van der Waals surface area contributed by atoms with E-state index in [9.17, 15) is 9.18 Å². The van der Waals surface area contributed by atoms with Crippen molar-refractivity contribution in [3.05, 3.63) is 63.5 Å². The second-order valence-corrected chi connectivity index (χ2v) is 5.66. The summed E-state index contributed by atoms with van der Waals surface area (Å²) in [5, 5.41) is 0. The molecule has 2 rings (SSSR count). The maximum atomic E-state index is 13.1. The Morgan fingerprint density at radius 1 is 1.19 bits per heavy atom. The Labute approximate surface area is 136 Å². The van der Waals surface area contributed by atoms with Gasteiger partial charge >= 0.3 is 5.97 Å². The number of carbonyl (C=O) groups excluding carboxylic acids is 1. The molecule has 3 nitrogen and oxygen atoms in total. The molecule has 0 aliphatic carbocycles. The van der Waals surface area contributed by atoms with E-state index in [0.29, 0.717) is 6.54 Å². The quantitative estimate of drug-likeness (QED) is 0.569. The van der Waals surface area contributed by atoms with Gasteiger partial charge in [-0.1, -0.05) is 18.2 Å². The summed E-state index contributed by atoms with van der Waals surface area (Å²) in [4.78, 5) is 13.5. The Morgan fingerprint density at radius 3 is 2.48 bits per heavy atom. The summed E-state index contributed by atoms with van der Waals surface area (Å²) < 4.78 is 18.9. The summed E-state index contributed by atoms with van der Waals surface area (Å²) >= 11 is 2.26. The molecular formula is C16H15FINO2. The predicted octanol–water partition coefficient (Wildman–Crippen LogP) is 3.61. The van der Waals surface area contributed by atoms with Crippen LogP contribution in [0.2, 0.25) is 0 Å². The Kier molecular flexibility index (Phi) is 5.55. The lowest BCUT2D eigenvalue weighted by Crippen LogP contribution is -2.30. The highest BCUT2D eigenvalue weighted by atomic mass is 127. The summed E-state index contributed by atoms with van der Waals surface area (Å²) in [7, 11) is 1.36. The number of nitrogens with zero attached hydrogens (tertiary/aromatic N) is 1. The van der Waals surface area contributed by atoms with Crippen molar-refractivity contribution in [1.82, 2.24) is 0 Å². The van der Waals surface area contributed by atoms with E-state index in [-0.39, 0.29) is 18.3 Å². The number of carbonyl (C=O) groups is 1. The molecule has 0 atom stereocenters. The van der Waals surface area contributed by atoms with Crippen molar-refractivity contribution >= 4 is 34.2 Å². The summed E-state index contributed by atoms with van der Waals surface area (Å²) in [5.74, 6) is -0.628. The summed E-state index contributed by atoms with van der Waals surface area (Å²) in [6.07, 6.45) is 0. The molecular weight excluding hydrogens is 384 g/mol. The van der Waals surface area contributed by atoms with Crippen LogP contribution in [0.3, 0.4) is 0 Å². The van der Waals surface area contributed by atoms with Crippen LogP contribution < -0.4 is 4.90 Å². The number of halogens is 2. The maximum Gasteiger partial charge on any atom is 0.325 e. The van der Waals surface area contributed by atoms with Crippen LogP contribution in [-0.2, 0) is 16.1 Å². The van der Waals surface area contributed by atoms with Gasteiger partial charge in [0.05, 0.1) is 7.11 Å². The fourth-order valence-electron chi connectivity index (χ4n) is 1.94. The van der Waals surface area contributed by atoms with Crippen LogP contribution in [0, 0.1) is 9.39 Å². The molecule has 0 aliphatic heterocycles. The smallest absolute Gasteiger partial charge is 0.325 e. The molecule has 0 N–H and O–H groups in total. The Hall–Kier alpha value is -1.63. The van der Waals surface area contributed by atoms with Gasteiger partial charge in [-0.2, -0.15) is 0 Å². The second-order valence-electron chi connectivity index (χ2n) is 4.50. The first-order valence-electron chi connectivity index (χ1n) is 6.41. The highest BCUT2D eigenvalue weighted by molar-refractivity contribution is 14.1. The zero-order chi connectivity index (χ0) is 15.2. The largest absolute Gasteiger partial charge is 0.468 e. The molecule has 0 fully saturated rings. The predicted molar refractivity (Wildman–Crippen MR) is 88.6 cm³/mol.